The Balaban J connectivity index is 1.50. The van der Waals surface area contributed by atoms with Crippen molar-refractivity contribution in [1.82, 2.24) is 15.2 Å². The summed E-state index contributed by atoms with van der Waals surface area (Å²) in [7, 11) is 0. The minimum Gasteiger partial charge on any atom is -0.299 e. The molecule has 3 fully saturated rings. The number of rotatable bonds is 6. The highest BCUT2D eigenvalue weighted by Gasteiger charge is 2.35. The fraction of sp³-hybridized carbons (Fsp3) is 0.625. The Morgan fingerprint density at radius 2 is 1.90 bits per heavy atom. The Kier molecular flexibility index (Phi) is 4.68. The first kappa shape index (κ1) is 14.0. The number of piperazine rings is 3. The number of nitrogens with zero attached hydrogens (tertiary/aromatic N) is 2. The zero-order valence-corrected chi connectivity index (χ0v) is 12.2. The van der Waals surface area contributed by atoms with E-state index in [0.29, 0.717) is 12.1 Å². The molecule has 0 spiro atoms. The van der Waals surface area contributed by atoms with E-state index in [0.717, 1.165) is 12.8 Å². The van der Waals surface area contributed by atoms with Gasteiger partial charge in [-0.3, -0.25) is 21.1 Å². The fourth-order valence-corrected chi connectivity index (χ4v) is 3.60. The summed E-state index contributed by atoms with van der Waals surface area (Å²) in [5.41, 5.74) is 4.50. The van der Waals surface area contributed by atoms with Crippen LogP contribution in [0.4, 0.5) is 0 Å². The van der Waals surface area contributed by atoms with Crippen molar-refractivity contribution in [2.45, 2.75) is 31.3 Å². The van der Waals surface area contributed by atoms with Gasteiger partial charge in [-0.2, -0.15) is 0 Å². The van der Waals surface area contributed by atoms with Gasteiger partial charge in [-0.05, 0) is 24.8 Å². The summed E-state index contributed by atoms with van der Waals surface area (Å²) in [6.45, 7) is 6.07. The quantitative estimate of drug-likeness (QED) is 0.596. The van der Waals surface area contributed by atoms with Crippen LogP contribution in [0, 0.1) is 0 Å². The molecule has 0 radical (unpaired) electrons. The van der Waals surface area contributed by atoms with Gasteiger partial charge in [0.25, 0.3) is 0 Å². The highest BCUT2D eigenvalue weighted by molar-refractivity contribution is 5.14. The predicted octanol–water partition coefficient (Wildman–Crippen LogP) is 0.841. The van der Waals surface area contributed by atoms with Gasteiger partial charge in [0.05, 0.1) is 0 Å². The molecule has 3 saturated heterocycles. The monoisotopic (exact) mass is 274 g/mol. The Labute approximate surface area is 121 Å². The van der Waals surface area contributed by atoms with Crippen molar-refractivity contribution in [3.8, 4) is 0 Å². The zero-order valence-electron chi connectivity index (χ0n) is 12.2. The highest BCUT2D eigenvalue weighted by atomic mass is 15.4. The molecular weight excluding hydrogens is 248 g/mol. The zero-order chi connectivity index (χ0) is 13.8. The number of aryl methyl sites for hydroxylation is 1. The molecule has 4 heteroatoms. The molecule has 2 bridgehead atoms. The van der Waals surface area contributed by atoms with Crippen molar-refractivity contribution < 1.29 is 0 Å². The third-order valence-corrected chi connectivity index (χ3v) is 4.82. The van der Waals surface area contributed by atoms with Crippen LogP contribution in [-0.2, 0) is 6.42 Å². The first-order chi connectivity index (χ1) is 9.86. The van der Waals surface area contributed by atoms with Gasteiger partial charge < -0.3 is 0 Å². The molecular formula is C16H26N4. The number of hydrogen-bond donors (Lipinski definition) is 2. The molecule has 3 aliphatic rings. The second-order valence-corrected chi connectivity index (χ2v) is 6.05. The van der Waals surface area contributed by atoms with Crippen LogP contribution < -0.4 is 11.3 Å². The van der Waals surface area contributed by atoms with Gasteiger partial charge in [0.15, 0.2) is 0 Å². The molecule has 20 heavy (non-hydrogen) atoms. The maximum atomic E-state index is 5.82. The van der Waals surface area contributed by atoms with Gasteiger partial charge in [-0.25, -0.2) is 0 Å². The van der Waals surface area contributed by atoms with Gasteiger partial charge in [-0.1, -0.05) is 30.3 Å². The number of hydrazine groups is 1. The lowest BCUT2D eigenvalue weighted by molar-refractivity contribution is -0.00474. The van der Waals surface area contributed by atoms with Crippen molar-refractivity contribution in [3.63, 3.8) is 0 Å². The van der Waals surface area contributed by atoms with E-state index in [-0.39, 0.29) is 0 Å². The summed E-state index contributed by atoms with van der Waals surface area (Å²) in [5.74, 6) is 5.82. The first-order valence-corrected chi connectivity index (χ1v) is 7.83. The Morgan fingerprint density at radius 1 is 1.15 bits per heavy atom. The molecule has 2 unspecified atom stereocenters. The van der Waals surface area contributed by atoms with E-state index in [1.807, 2.05) is 0 Å². The van der Waals surface area contributed by atoms with Gasteiger partial charge in [0.1, 0.15) is 0 Å². The van der Waals surface area contributed by atoms with Crippen molar-refractivity contribution >= 4 is 0 Å². The van der Waals surface area contributed by atoms with Crippen LogP contribution in [0.3, 0.4) is 0 Å². The van der Waals surface area contributed by atoms with Crippen LogP contribution in [0.15, 0.2) is 30.3 Å². The normalized spacial score (nSPS) is 30.4. The van der Waals surface area contributed by atoms with Crippen molar-refractivity contribution in [2.24, 2.45) is 5.84 Å². The molecule has 3 N–H and O–H groups in total. The van der Waals surface area contributed by atoms with Crippen LogP contribution in [0.5, 0.6) is 0 Å². The minimum absolute atomic E-state index is 0.418. The van der Waals surface area contributed by atoms with Crippen molar-refractivity contribution in [3.05, 3.63) is 35.9 Å². The fourth-order valence-electron chi connectivity index (χ4n) is 3.60. The maximum absolute atomic E-state index is 5.82. The van der Waals surface area contributed by atoms with E-state index in [9.17, 15) is 0 Å². The van der Waals surface area contributed by atoms with Crippen molar-refractivity contribution in [1.29, 1.82) is 0 Å². The van der Waals surface area contributed by atoms with E-state index in [1.165, 1.54) is 44.7 Å². The Hall–Kier alpha value is -0.940. The van der Waals surface area contributed by atoms with Crippen molar-refractivity contribution in [2.75, 3.05) is 32.7 Å². The van der Waals surface area contributed by atoms with Gasteiger partial charge in [0.2, 0.25) is 0 Å². The minimum atomic E-state index is 0.418. The van der Waals surface area contributed by atoms with Gasteiger partial charge in [0, 0.05) is 44.8 Å². The van der Waals surface area contributed by atoms with Gasteiger partial charge >= 0.3 is 0 Å². The predicted molar refractivity (Wildman–Crippen MR) is 82.3 cm³/mol. The second-order valence-electron chi connectivity index (χ2n) is 6.05. The largest absolute Gasteiger partial charge is 0.299 e. The Bertz CT molecular complexity index is 400. The van der Waals surface area contributed by atoms with Crippen LogP contribution in [0.2, 0.25) is 0 Å². The standard InChI is InChI=1S/C16H26N4/c17-18-15(8-4-7-14-5-2-1-3-6-14)16-13-19-9-11-20(16)12-10-19/h1-3,5-6,15-16,18H,4,7-13,17H2. The summed E-state index contributed by atoms with van der Waals surface area (Å²) in [5, 5.41) is 0. The number of nitrogens with two attached hydrogens (primary N) is 1. The average Bonchev–Trinajstić information content (AvgIpc) is 2.54. The maximum Gasteiger partial charge on any atom is 0.0391 e. The summed E-state index contributed by atoms with van der Waals surface area (Å²) in [6, 6.07) is 11.7. The molecule has 4 nitrogen and oxygen atoms in total. The molecule has 3 heterocycles. The Morgan fingerprint density at radius 3 is 2.50 bits per heavy atom. The highest BCUT2D eigenvalue weighted by Crippen LogP contribution is 2.20. The first-order valence-electron chi connectivity index (χ1n) is 7.83. The second kappa shape index (κ2) is 6.68. The van der Waals surface area contributed by atoms with Crippen LogP contribution in [0.25, 0.3) is 0 Å². The molecule has 1 aromatic carbocycles. The summed E-state index contributed by atoms with van der Waals surface area (Å²) in [4.78, 5) is 5.19. The van der Waals surface area contributed by atoms with Crippen LogP contribution in [-0.4, -0.2) is 54.6 Å². The summed E-state index contributed by atoms with van der Waals surface area (Å²) >= 11 is 0. The van der Waals surface area contributed by atoms with E-state index in [2.05, 4.69) is 45.6 Å². The molecule has 1 aromatic rings. The van der Waals surface area contributed by atoms with Crippen LogP contribution in [0.1, 0.15) is 18.4 Å². The lowest BCUT2D eigenvalue weighted by atomic mass is 9.95. The number of benzene rings is 1. The lowest BCUT2D eigenvalue weighted by Gasteiger charge is -2.50. The molecule has 0 amide bonds. The third-order valence-electron chi connectivity index (χ3n) is 4.82. The van der Waals surface area contributed by atoms with E-state index >= 15 is 0 Å². The SMILES string of the molecule is NNC(CCCc1ccccc1)C1CN2CCN1CC2. The molecule has 0 aliphatic carbocycles. The van der Waals surface area contributed by atoms with E-state index in [4.69, 9.17) is 5.84 Å². The number of nitrogens with one attached hydrogen (secondary N) is 1. The molecule has 110 valence electrons. The topological polar surface area (TPSA) is 44.5 Å². The molecule has 2 atom stereocenters. The molecule has 0 saturated carbocycles. The molecule has 4 rings (SSSR count). The van der Waals surface area contributed by atoms with Crippen LogP contribution >= 0.6 is 0 Å². The number of hydrogen-bond acceptors (Lipinski definition) is 4. The molecule has 0 aromatic heterocycles. The molecule has 3 aliphatic heterocycles. The number of fused-ring (bicyclic) bond motifs is 3. The third kappa shape index (κ3) is 3.20. The lowest BCUT2D eigenvalue weighted by Crippen LogP contribution is -2.67. The van der Waals surface area contributed by atoms with Gasteiger partial charge in [-0.15, -0.1) is 0 Å². The summed E-state index contributed by atoms with van der Waals surface area (Å²) in [6.07, 6.45) is 3.50. The summed E-state index contributed by atoms with van der Waals surface area (Å²) < 4.78 is 0. The smallest absolute Gasteiger partial charge is 0.0391 e. The average molecular weight is 274 g/mol. The van der Waals surface area contributed by atoms with E-state index in [1.54, 1.807) is 0 Å². The van der Waals surface area contributed by atoms with E-state index < -0.39 is 0 Å².